The van der Waals surface area contributed by atoms with Crippen LogP contribution in [-0.2, 0) is 39.0 Å². The van der Waals surface area contributed by atoms with E-state index in [1.807, 2.05) is 41.9 Å². The Hall–Kier alpha value is -3.08. The van der Waals surface area contributed by atoms with Gasteiger partial charge in [-0.1, -0.05) is 36.3 Å². The second-order valence-corrected chi connectivity index (χ2v) is 7.69. The predicted molar refractivity (Wildman–Crippen MR) is 110 cm³/mol. The first-order valence-corrected chi connectivity index (χ1v) is 9.87. The highest BCUT2D eigenvalue weighted by Gasteiger charge is 2.58. The molecule has 0 amide bonds. The molecule has 0 radical (unpaired) electrons. The van der Waals surface area contributed by atoms with E-state index < -0.39 is 23.5 Å². The zero-order valence-corrected chi connectivity index (χ0v) is 17.2. The first-order chi connectivity index (χ1) is 14.2. The molecule has 0 saturated carbocycles. The van der Waals surface area contributed by atoms with Crippen LogP contribution in [0.3, 0.4) is 0 Å². The zero-order chi connectivity index (χ0) is 21.8. The molecule has 7 heteroatoms. The topological polar surface area (TPSA) is 104 Å². The average Bonchev–Trinajstić information content (AvgIpc) is 3.20. The maximum atomic E-state index is 11.3. The first kappa shape index (κ1) is 21.6. The van der Waals surface area contributed by atoms with Gasteiger partial charge in [0.15, 0.2) is 0 Å². The Morgan fingerprint density at radius 2 is 1.77 bits per heavy atom. The Morgan fingerprint density at radius 1 is 1.10 bits per heavy atom. The quantitative estimate of drug-likeness (QED) is 0.312. The van der Waals surface area contributed by atoms with Crippen molar-refractivity contribution in [3.05, 3.63) is 59.4 Å². The lowest BCUT2D eigenvalue weighted by molar-refractivity contribution is -0.324. The van der Waals surface area contributed by atoms with E-state index in [4.69, 9.17) is 5.73 Å². The first-order valence-electron chi connectivity index (χ1n) is 9.87. The maximum absolute atomic E-state index is 11.3. The van der Waals surface area contributed by atoms with Gasteiger partial charge in [0, 0.05) is 19.2 Å². The summed E-state index contributed by atoms with van der Waals surface area (Å²) in [6.45, 7) is 1.47. The Bertz CT molecular complexity index is 966. The monoisotopic (exact) mass is 410 g/mol. The molecule has 0 aliphatic carbocycles. The maximum Gasteiger partial charge on any atom is 0.422 e. The molecule has 1 aliphatic rings. The van der Waals surface area contributed by atoms with Crippen molar-refractivity contribution in [2.75, 3.05) is 0 Å². The van der Waals surface area contributed by atoms with Crippen LogP contribution in [0.2, 0.25) is 0 Å². The molecule has 2 heterocycles. The average molecular weight is 410 g/mol. The third-order valence-corrected chi connectivity index (χ3v) is 5.30. The van der Waals surface area contributed by atoms with E-state index in [0.29, 0.717) is 6.42 Å². The number of benzene rings is 1. The number of carbonyl (C=O) groups excluding carboxylic acids is 2. The minimum Gasteiger partial charge on any atom is -0.388 e. The normalized spacial score (nSPS) is 16.9. The van der Waals surface area contributed by atoms with Gasteiger partial charge in [-0.25, -0.2) is 9.59 Å². The highest BCUT2D eigenvalue weighted by molar-refractivity contribution is 6.31. The van der Waals surface area contributed by atoms with Crippen molar-refractivity contribution < 1.29 is 24.2 Å². The van der Waals surface area contributed by atoms with Crippen LogP contribution < -0.4 is 5.73 Å². The van der Waals surface area contributed by atoms with Gasteiger partial charge in [-0.05, 0) is 56.2 Å². The fourth-order valence-corrected chi connectivity index (χ4v) is 3.24. The number of carbonyl (C=O) groups is 2. The largest absolute Gasteiger partial charge is 0.422 e. The Labute approximate surface area is 175 Å². The Morgan fingerprint density at radius 3 is 2.43 bits per heavy atom. The molecule has 7 nitrogen and oxygen atoms in total. The van der Waals surface area contributed by atoms with Crippen LogP contribution >= 0.6 is 0 Å². The van der Waals surface area contributed by atoms with E-state index in [2.05, 4.69) is 33.4 Å². The summed E-state index contributed by atoms with van der Waals surface area (Å²) in [4.78, 5) is 22.5. The molecule has 0 bridgehead atoms. The smallest absolute Gasteiger partial charge is 0.388 e. The molecule has 3 N–H and O–H groups in total. The van der Waals surface area contributed by atoms with Crippen molar-refractivity contribution in [2.45, 2.75) is 50.5 Å². The van der Waals surface area contributed by atoms with Gasteiger partial charge in [-0.2, -0.15) is 0 Å². The molecule has 1 fully saturated rings. The van der Waals surface area contributed by atoms with Gasteiger partial charge in [-0.15, -0.1) is 0 Å². The molecule has 1 aliphatic heterocycles. The number of ether oxygens (including phenoxy) is 2. The number of rotatable bonds is 7. The molecule has 1 saturated heterocycles. The highest BCUT2D eigenvalue weighted by Crippen LogP contribution is 2.32. The summed E-state index contributed by atoms with van der Waals surface area (Å²) < 4.78 is 11.3. The van der Waals surface area contributed by atoms with Crippen LogP contribution in [-0.4, -0.2) is 33.1 Å². The summed E-state index contributed by atoms with van der Waals surface area (Å²) in [5, 5.41) is 10.3. The van der Waals surface area contributed by atoms with Gasteiger partial charge in [0.25, 0.3) is 0 Å². The number of aromatic nitrogens is 1. The lowest BCUT2D eigenvalue weighted by atomic mass is 9.93. The van der Waals surface area contributed by atoms with Crippen molar-refractivity contribution in [3.63, 3.8) is 0 Å². The fourth-order valence-electron chi connectivity index (χ4n) is 3.24. The SMILES string of the molecule is Cn1c(C#CCCCc2ccccc2)ccc1CC[C@@](C)(N)C1(O)OC(=O)C(=O)O1. The van der Waals surface area contributed by atoms with Crippen LogP contribution in [0.1, 0.15) is 43.1 Å². The lowest BCUT2D eigenvalue weighted by Crippen LogP contribution is -2.60. The zero-order valence-electron chi connectivity index (χ0n) is 17.2. The van der Waals surface area contributed by atoms with Crippen molar-refractivity contribution in [3.8, 4) is 11.8 Å². The molecular weight excluding hydrogens is 384 g/mol. The van der Waals surface area contributed by atoms with Crippen LogP contribution in [0, 0.1) is 11.8 Å². The summed E-state index contributed by atoms with van der Waals surface area (Å²) in [5.41, 5.74) is 7.77. The van der Waals surface area contributed by atoms with Crippen molar-refractivity contribution in [2.24, 2.45) is 12.8 Å². The summed E-state index contributed by atoms with van der Waals surface area (Å²) in [5.74, 6) is 1.42. The third kappa shape index (κ3) is 4.73. The summed E-state index contributed by atoms with van der Waals surface area (Å²) in [6.07, 6.45) is 3.49. The van der Waals surface area contributed by atoms with Crippen LogP contribution in [0.5, 0.6) is 0 Å². The number of esters is 2. The Kier molecular flexibility index (Phi) is 6.30. The number of hydrogen-bond donors (Lipinski definition) is 2. The number of nitrogens with zero attached hydrogens (tertiary/aromatic N) is 1. The van der Waals surface area contributed by atoms with Crippen molar-refractivity contribution in [1.82, 2.24) is 4.57 Å². The van der Waals surface area contributed by atoms with E-state index >= 15 is 0 Å². The van der Waals surface area contributed by atoms with E-state index in [0.717, 1.165) is 30.7 Å². The van der Waals surface area contributed by atoms with E-state index in [1.54, 1.807) is 0 Å². The summed E-state index contributed by atoms with van der Waals surface area (Å²) in [7, 11) is 1.90. The molecule has 1 atom stereocenters. The van der Waals surface area contributed by atoms with Crippen molar-refractivity contribution >= 4 is 11.9 Å². The number of hydrogen-bond acceptors (Lipinski definition) is 6. The van der Waals surface area contributed by atoms with Gasteiger partial charge < -0.3 is 24.9 Å². The lowest BCUT2D eigenvalue weighted by Gasteiger charge is -2.34. The molecular formula is C23H26N2O5. The van der Waals surface area contributed by atoms with Gasteiger partial charge in [0.2, 0.25) is 0 Å². The van der Waals surface area contributed by atoms with E-state index in [-0.39, 0.29) is 6.42 Å². The van der Waals surface area contributed by atoms with Crippen LogP contribution in [0.25, 0.3) is 0 Å². The van der Waals surface area contributed by atoms with Gasteiger partial charge in [-0.3, -0.25) is 0 Å². The second kappa shape index (κ2) is 8.74. The predicted octanol–water partition coefficient (Wildman–Crippen LogP) is 1.80. The summed E-state index contributed by atoms with van der Waals surface area (Å²) in [6, 6.07) is 14.2. The van der Waals surface area contributed by atoms with Gasteiger partial charge >= 0.3 is 17.9 Å². The summed E-state index contributed by atoms with van der Waals surface area (Å²) >= 11 is 0. The highest BCUT2D eigenvalue weighted by atomic mass is 16.9. The minimum atomic E-state index is -2.46. The second-order valence-electron chi connectivity index (χ2n) is 7.69. The molecule has 158 valence electrons. The molecule has 3 rings (SSSR count). The number of nitrogens with two attached hydrogens (primary N) is 1. The number of unbranched alkanes of at least 4 members (excludes halogenated alkanes) is 1. The fraction of sp³-hybridized carbons (Fsp3) is 0.391. The molecule has 0 spiro atoms. The van der Waals surface area contributed by atoms with Crippen molar-refractivity contribution in [1.29, 1.82) is 0 Å². The Balaban J connectivity index is 1.54. The van der Waals surface area contributed by atoms with E-state index in [1.165, 1.54) is 12.5 Å². The molecule has 30 heavy (non-hydrogen) atoms. The van der Waals surface area contributed by atoms with Crippen LogP contribution in [0.4, 0.5) is 0 Å². The molecule has 1 aromatic carbocycles. The van der Waals surface area contributed by atoms with Gasteiger partial charge in [0.1, 0.15) is 5.54 Å². The molecule has 1 aromatic heterocycles. The third-order valence-electron chi connectivity index (χ3n) is 5.30. The van der Waals surface area contributed by atoms with Crippen LogP contribution in [0.15, 0.2) is 42.5 Å². The standard InChI is InChI=1S/C23H26N2O5/c1-22(24,23(28)29-20(26)21(27)30-23)16-15-19-14-13-18(25(19)2)12-8-4-7-11-17-9-5-3-6-10-17/h3,5-6,9-10,13-14,28H,4,7,11,15-16,24H2,1-2H3/t22-/m1/s1. The molecule has 2 aromatic rings. The minimum absolute atomic E-state index is 0.214. The number of aryl methyl sites for hydroxylation is 2. The van der Waals surface area contributed by atoms with E-state index in [9.17, 15) is 14.7 Å². The molecule has 0 unspecified atom stereocenters. The number of aliphatic hydroxyl groups is 1. The van der Waals surface area contributed by atoms with Gasteiger partial charge in [0.05, 0.1) is 5.69 Å². The number of cyclic esters (lactones) is 2.